The van der Waals surface area contributed by atoms with Crippen molar-refractivity contribution in [2.45, 2.75) is 93.5 Å². The number of carbonyl (C=O) groups is 3. The highest BCUT2D eigenvalue weighted by atomic mass is 79.9. The largest absolute Gasteiger partial charge is 0.394 e. The Kier molecular flexibility index (Phi) is 7.67. The first-order chi connectivity index (χ1) is 17.8. The van der Waals surface area contributed by atoms with Crippen molar-refractivity contribution in [2.75, 3.05) is 11.9 Å². The maximum Gasteiger partial charge on any atom is 0.246 e. The molecule has 37 heavy (non-hydrogen) atoms. The van der Waals surface area contributed by atoms with Gasteiger partial charge >= 0.3 is 0 Å². The van der Waals surface area contributed by atoms with Crippen LogP contribution in [0.5, 0.6) is 0 Å². The van der Waals surface area contributed by atoms with Gasteiger partial charge in [-0.25, -0.2) is 0 Å². The minimum atomic E-state index is -1.12. The van der Waals surface area contributed by atoms with Crippen molar-refractivity contribution in [3.63, 3.8) is 0 Å². The van der Waals surface area contributed by atoms with Gasteiger partial charge < -0.3 is 25.4 Å². The summed E-state index contributed by atoms with van der Waals surface area (Å²) in [6.45, 7) is 3.75. The van der Waals surface area contributed by atoms with E-state index in [2.05, 4.69) is 26.6 Å². The number of nitrogens with zero attached hydrogens (tertiary/aromatic N) is 1. The van der Waals surface area contributed by atoms with E-state index in [4.69, 9.17) is 4.74 Å². The zero-order valence-corrected chi connectivity index (χ0v) is 23.2. The normalized spacial score (nSPS) is 34.8. The molecule has 3 aliphatic heterocycles. The number of aliphatic hydroxyl groups excluding tert-OH is 1. The molecule has 3 N–H and O–H groups in total. The van der Waals surface area contributed by atoms with E-state index in [0.717, 1.165) is 32.1 Å². The predicted molar refractivity (Wildman–Crippen MR) is 143 cm³/mol. The number of amides is 3. The zero-order chi connectivity index (χ0) is 26.3. The molecule has 4 aliphatic rings. The third-order valence-corrected chi connectivity index (χ3v) is 9.96. The lowest BCUT2D eigenvalue weighted by molar-refractivity contribution is -0.146. The van der Waals surface area contributed by atoms with Gasteiger partial charge in [0, 0.05) is 16.6 Å². The summed E-state index contributed by atoms with van der Waals surface area (Å²) in [6, 6.07) is 7.81. The molecular weight excluding hydrogens is 538 g/mol. The number of hydrogen-bond donors (Lipinski definition) is 3. The molecule has 3 heterocycles. The Morgan fingerprint density at radius 2 is 1.89 bits per heavy atom. The van der Waals surface area contributed by atoms with Crippen LogP contribution in [0.3, 0.4) is 0 Å². The molecule has 8 nitrogen and oxygen atoms in total. The van der Waals surface area contributed by atoms with Crippen LogP contribution in [0, 0.1) is 17.8 Å². The number of hydrogen-bond acceptors (Lipinski definition) is 5. The highest BCUT2D eigenvalue weighted by molar-refractivity contribution is 9.09. The maximum atomic E-state index is 14.2. The van der Waals surface area contributed by atoms with Crippen LogP contribution in [0.4, 0.5) is 5.69 Å². The molecule has 9 heteroatoms. The molecule has 0 radical (unpaired) electrons. The molecule has 5 rings (SSSR count). The van der Waals surface area contributed by atoms with E-state index in [1.54, 1.807) is 17.0 Å². The second kappa shape index (κ2) is 10.7. The van der Waals surface area contributed by atoms with Crippen molar-refractivity contribution < 1.29 is 24.2 Å². The summed E-state index contributed by atoms with van der Waals surface area (Å²) in [5.74, 6) is -2.32. The van der Waals surface area contributed by atoms with E-state index in [9.17, 15) is 19.5 Å². The van der Waals surface area contributed by atoms with Crippen molar-refractivity contribution in [2.24, 2.45) is 17.8 Å². The molecule has 1 aliphatic carbocycles. The molecule has 1 aromatic carbocycles. The monoisotopic (exact) mass is 575 g/mol. The van der Waals surface area contributed by atoms with Crippen LogP contribution in [0.2, 0.25) is 0 Å². The summed E-state index contributed by atoms with van der Waals surface area (Å²) in [7, 11) is 0. The molecule has 3 saturated heterocycles. The molecule has 3 amide bonds. The molecule has 3 unspecified atom stereocenters. The fraction of sp³-hybridized carbons (Fsp3) is 0.679. The molecule has 2 bridgehead atoms. The fourth-order valence-electron chi connectivity index (χ4n) is 7.11. The lowest BCUT2D eigenvalue weighted by atomic mass is 9.70. The van der Waals surface area contributed by atoms with E-state index in [0.29, 0.717) is 12.1 Å². The Morgan fingerprint density at radius 3 is 2.54 bits per heavy atom. The zero-order valence-electron chi connectivity index (χ0n) is 21.6. The van der Waals surface area contributed by atoms with Crippen LogP contribution in [-0.4, -0.2) is 69.0 Å². The van der Waals surface area contributed by atoms with Crippen molar-refractivity contribution in [1.29, 1.82) is 0 Å². The molecule has 8 atom stereocenters. The highest BCUT2D eigenvalue weighted by Crippen LogP contribution is 2.60. The number of nitrogens with one attached hydrogen (secondary N) is 2. The summed E-state index contributed by atoms with van der Waals surface area (Å²) < 4.78 is 6.59. The number of halogens is 1. The van der Waals surface area contributed by atoms with Gasteiger partial charge in [-0.3, -0.25) is 14.4 Å². The Labute approximate surface area is 227 Å². The third kappa shape index (κ3) is 4.51. The van der Waals surface area contributed by atoms with Gasteiger partial charge in [-0.2, -0.15) is 0 Å². The smallest absolute Gasteiger partial charge is 0.246 e. The van der Waals surface area contributed by atoms with Crippen LogP contribution >= 0.6 is 15.9 Å². The summed E-state index contributed by atoms with van der Waals surface area (Å²) >= 11 is 3.72. The summed E-state index contributed by atoms with van der Waals surface area (Å²) in [5.41, 5.74) is -0.467. The predicted octanol–water partition coefficient (Wildman–Crippen LogP) is 3.23. The number of benzene rings is 1. The van der Waals surface area contributed by atoms with Gasteiger partial charge in [-0.1, -0.05) is 73.7 Å². The number of aliphatic hydroxyl groups is 1. The van der Waals surface area contributed by atoms with Crippen molar-refractivity contribution >= 4 is 39.3 Å². The average Bonchev–Trinajstić information content (AvgIpc) is 3.49. The fourth-order valence-corrected chi connectivity index (χ4v) is 8.06. The standard InChI is InChI=1S/C28H38BrN3O5/c1-3-16(2)20(15-33)32-24(26(35)31-18-12-8-5-9-13-18)28-14-19(29)23(37-28)21(22(28)27(32)36)25(34)30-17-10-6-4-7-11-17/h4,6-7,10-11,16,18-24,33H,3,5,8-9,12-15H2,1-2H3,(H,30,34)(H,31,35)/t16-,19?,20-,21-,22-,23-,24?,28?/m0/s1. The number of fused-ring (bicyclic) bond motifs is 1. The van der Waals surface area contributed by atoms with Crippen LogP contribution in [0.15, 0.2) is 30.3 Å². The Balaban J connectivity index is 1.51. The van der Waals surface area contributed by atoms with Gasteiger partial charge in [-0.05, 0) is 37.3 Å². The molecular formula is C28H38BrN3O5. The van der Waals surface area contributed by atoms with Gasteiger partial charge in [-0.15, -0.1) is 0 Å². The lowest BCUT2D eigenvalue weighted by Gasteiger charge is -2.39. The third-order valence-electron chi connectivity index (χ3n) is 9.12. The molecule has 0 aromatic heterocycles. The first kappa shape index (κ1) is 26.6. The van der Waals surface area contributed by atoms with Gasteiger partial charge in [0.25, 0.3) is 0 Å². The van der Waals surface area contributed by atoms with E-state index >= 15 is 0 Å². The van der Waals surface area contributed by atoms with Gasteiger partial charge in [0.05, 0.1) is 30.6 Å². The van der Waals surface area contributed by atoms with Crippen LogP contribution in [0.25, 0.3) is 0 Å². The Bertz CT molecular complexity index is 1020. The summed E-state index contributed by atoms with van der Waals surface area (Å²) in [6.07, 6.45) is 5.84. The topological polar surface area (TPSA) is 108 Å². The van der Waals surface area contributed by atoms with Crippen molar-refractivity contribution in [3.8, 4) is 0 Å². The minimum absolute atomic E-state index is 0.0253. The van der Waals surface area contributed by atoms with Crippen LogP contribution in [-0.2, 0) is 19.1 Å². The number of ether oxygens (including phenoxy) is 1. The van der Waals surface area contributed by atoms with Gasteiger partial charge in [0.1, 0.15) is 11.6 Å². The second-order valence-electron chi connectivity index (χ2n) is 11.2. The van der Waals surface area contributed by atoms with Gasteiger partial charge in [0.15, 0.2) is 0 Å². The first-order valence-corrected chi connectivity index (χ1v) is 14.6. The van der Waals surface area contributed by atoms with Gasteiger partial charge in [0.2, 0.25) is 17.7 Å². The quantitative estimate of drug-likeness (QED) is 0.412. The number of alkyl halides is 1. The van der Waals surface area contributed by atoms with E-state index in [-0.39, 0.29) is 41.1 Å². The number of rotatable bonds is 8. The highest BCUT2D eigenvalue weighted by Gasteiger charge is 2.77. The minimum Gasteiger partial charge on any atom is -0.394 e. The van der Waals surface area contributed by atoms with E-state index in [1.807, 2.05) is 32.0 Å². The lowest BCUT2D eigenvalue weighted by Crippen LogP contribution is -2.60. The van der Waals surface area contributed by atoms with Crippen molar-refractivity contribution in [1.82, 2.24) is 10.2 Å². The van der Waals surface area contributed by atoms with E-state index < -0.39 is 35.6 Å². The average molecular weight is 577 g/mol. The Hall–Kier alpha value is -1.97. The SMILES string of the molecule is CC[C@H](C)[C@H](CO)N1C(=O)[C@@H]2[C@H](C(=O)Nc3ccccc3)[C@H]3OC2(CC3Br)C1C(=O)NC1CCCCC1. The molecule has 202 valence electrons. The number of carbonyl (C=O) groups excluding carboxylic acids is 3. The Morgan fingerprint density at radius 1 is 1.19 bits per heavy atom. The molecule has 1 spiro atoms. The molecule has 1 saturated carbocycles. The second-order valence-corrected chi connectivity index (χ2v) is 12.4. The first-order valence-electron chi connectivity index (χ1n) is 13.7. The molecule has 4 fully saturated rings. The van der Waals surface area contributed by atoms with Crippen LogP contribution < -0.4 is 10.6 Å². The van der Waals surface area contributed by atoms with E-state index in [1.165, 1.54) is 6.42 Å². The maximum absolute atomic E-state index is 14.2. The van der Waals surface area contributed by atoms with Crippen molar-refractivity contribution in [3.05, 3.63) is 30.3 Å². The number of para-hydroxylation sites is 1. The molecule has 1 aromatic rings. The number of likely N-dealkylation sites (tertiary alicyclic amines) is 1. The number of anilines is 1. The summed E-state index contributed by atoms with van der Waals surface area (Å²) in [5, 5.41) is 16.6. The summed E-state index contributed by atoms with van der Waals surface area (Å²) in [4.78, 5) is 43.3. The van der Waals surface area contributed by atoms with Crippen LogP contribution in [0.1, 0.15) is 58.8 Å².